The standard InChI is InChI=1S/C21H24N6O3/c1-29-10-11-30-13-18(28)27-8-6-14(7-9-27)17-12-23-20(22)19(24-17)21-25-15-4-2-3-5-16(15)26-21/h2-6,12H,7-11,13H2,1H3,(H2,22,23)(H,25,26). The summed E-state index contributed by atoms with van der Waals surface area (Å²) in [6.45, 7) is 2.05. The Labute approximate surface area is 173 Å². The minimum Gasteiger partial charge on any atom is -0.382 e. The minimum atomic E-state index is -0.0345. The highest BCUT2D eigenvalue weighted by Crippen LogP contribution is 2.26. The predicted octanol–water partition coefficient (Wildman–Crippen LogP) is 1.88. The van der Waals surface area contributed by atoms with Gasteiger partial charge in [0.15, 0.2) is 11.6 Å². The molecule has 2 aromatic heterocycles. The molecule has 9 heteroatoms. The Morgan fingerprint density at radius 1 is 1.27 bits per heavy atom. The van der Waals surface area contributed by atoms with Crippen molar-refractivity contribution in [2.24, 2.45) is 0 Å². The number of nitrogens with zero attached hydrogens (tertiary/aromatic N) is 4. The van der Waals surface area contributed by atoms with E-state index in [2.05, 4.69) is 15.0 Å². The molecule has 1 aromatic carbocycles. The molecule has 1 amide bonds. The first-order valence-corrected chi connectivity index (χ1v) is 9.77. The van der Waals surface area contributed by atoms with Crippen LogP contribution in [0.5, 0.6) is 0 Å². The number of methoxy groups -OCH3 is 1. The van der Waals surface area contributed by atoms with E-state index in [9.17, 15) is 4.79 Å². The molecule has 0 bridgehead atoms. The summed E-state index contributed by atoms with van der Waals surface area (Å²) in [6, 6.07) is 7.75. The lowest BCUT2D eigenvalue weighted by Crippen LogP contribution is -2.37. The number of para-hydroxylation sites is 2. The van der Waals surface area contributed by atoms with Gasteiger partial charge in [0.1, 0.15) is 12.3 Å². The van der Waals surface area contributed by atoms with Gasteiger partial charge in [-0.3, -0.25) is 4.79 Å². The number of amides is 1. The van der Waals surface area contributed by atoms with E-state index in [0.29, 0.717) is 50.1 Å². The fourth-order valence-electron chi connectivity index (χ4n) is 3.31. The molecule has 1 aliphatic rings. The van der Waals surface area contributed by atoms with Gasteiger partial charge in [-0.1, -0.05) is 18.2 Å². The molecule has 9 nitrogen and oxygen atoms in total. The Morgan fingerprint density at radius 3 is 2.90 bits per heavy atom. The number of hydrogen-bond acceptors (Lipinski definition) is 7. The Morgan fingerprint density at radius 2 is 2.13 bits per heavy atom. The number of benzene rings is 1. The molecule has 0 radical (unpaired) electrons. The zero-order valence-electron chi connectivity index (χ0n) is 16.8. The number of H-pyrrole nitrogens is 1. The van der Waals surface area contributed by atoms with Gasteiger partial charge in [-0.2, -0.15) is 0 Å². The summed E-state index contributed by atoms with van der Waals surface area (Å²) in [5.41, 5.74) is 10.1. The molecular weight excluding hydrogens is 384 g/mol. The SMILES string of the molecule is COCCOCC(=O)N1CC=C(c2cnc(N)c(-c3nc4ccccc4[nH]3)n2)CC1. The zero-order valence-corrected chi connectivity index (χ0v) is 16.8. The molecule has 0 saturated carbocycles. The van der Waals surface area contributed by atoms with E-state index >= 15 is 0 Å². The van der Waals surface area contributed by atoms with Crippen LogP contribution < -0.4 is 5.73 Å². The van der Waals surface area contributed by atoms with Crippen molar-refractivity contribution in [1.82, 2.24) is 24.8 Å². The number of imidazole rings is 1. The fraction of sp³-hybridized carbons (Fsp3) is 0.333. The van der Waals surface area contributed by atoms with Crippen LogP contribution in [0.3, 0.4) is 0 Å². The second-order valence-electron chi connectivity index (χ2n) is 6.96. The number of anilines is 1. The molecule has 0 aliphatic carbocycles. The van der Waals surface area contributed by atoms with Gasteiger partial charge >= 0.3 is 0 Å². The Balaban J connectivity index is 1.48. The Kier molecular flexibility index (Phi) is 6.01. The van der Waals surface area contributed by atoms with Crippen LogP contribution in [-0.2, 0) is 14.3 Å². The maximum Gasteiger partial charge on any atom is 0.248 e. The van der Waals surface area contributed by atoms with Crippen molar-refractivity contribution in [3.63, 3.8) is 0 Å². The largest absolute Gasteiger partial charge is 0.382 e. The first kappa shape index (κ1) is 20.0. The Bertz CT molecular complexity index is 1040. The highest BCUT2D eigenvalue weighted by Gasteiger charge is 2.20. The van der Waals surface area contributed by atoms with Gasteiger partial charge in [0, 0.05) is 20.2 Å². The third kappa shape index (κ3) is 4.32. The van der Waals surface area contributed by atoms with E-state index in [1.807, 2.05) is 30.3 Å². The van der Waals surface area contributed by atoms with E-state index in [-0.39, 0.29) is 12.5 Å². The molecule has 4 rings (SSSR count). The predicted molar refractivity (Wildman–Crippen MR) is 113 cm³/mol. The molecule has 3 N–H and O–H groups in total. The van der Waals surface area contributed by atoms with E-state index in [1.165, 1.54) is 0 Å². The Hall–Kier alpha value is -3.30. The highest BCUT2D eigenvalue weighted by molar-refractivity contribution is 5.81. The quantitative estimate of drug-likeness (QED) is 0.573. The van der Waals surface area contributed by atoms with E-state index < -0.39 is 0 Å². The summed E-state index contributed by atoms with van der Waals surface area (Å²) < 4.78 is 10.2. The molecule has 0 atom stereocenters. The molecule has 156 valence electrons. The number of hydrogen-bond donors (Lipinski definition) is 2. The molecular formula is C21H24N6O3. The molecule has 0 unspecified atom stereocenters. The van der Waals surface area contributed by atoms with E-state index in [0.717, 1.165) is 22.3 Å². The number of fused-ring (bicyclic) bond motifs is 1. The summed E-state index contributed by atoms with van der Waals surface area (Å²) >= 11 is 0. The van der Waals surface area contributed by atoms with Gasteiger partial charge in [-0.15, -0.1) is 0 Å². The van der Waals surface area contributed by atoms with Crippen LogP contribution in [-0.4, -0.2) is 70.8 Å². The van der Waals surface area contributed by atoms with Crippen LogP contribution in [0.25, 0.3) is 28.1 Å². The van der Waals surface area contributed by atoms with Gasteiger partial charge in [-0.05, 0) is 24.1 Å². The first-order chi connectivity index (χ1) is 14.7. The normalized spacial score (nSPS) is 14.2. The number of carbonyl (C=O) groups is 1. The average Bonchev–Trinajstić information content (AvgIpc) is 3.21. The number of nitrogens with one attached hydrogen (secondary N) is 1. The van der Waals surface area contributed by atoms with Crippen molar-refractivity contribution in [2.75, 3.05) is 45.8 Å². The molecule has 0 saturated heterocycles. The fourth-order valence-corrected chi connectivity index (χ4v) is 3.31. The van der Waals surface area contributed by atoms with Crippen molar-refractivity contribution in [2.45, 2.75) is 6.42 Å². The smallest absolute Gasteiger partial charge is 0.248 e. The minimum absolute atomic E-state index is 0.0345. The van der Waals surface area contributed by atoms with Crippen LogP contribution >= 0.6 is 0 Å². The topological polar surface area (TPSA) is 119 Å². The van der Waals surface area contributed by atoms with Crippen molar-refractivity contribution in [3.8, 4) is 11.5 Å². The average molecular weight is 408 g/mol. The van der Waals surface area contributed by atoms with Crippen LogP contribution in [0.1, 0.15) is 12.1 Å². The summed E-state index contributed by atoms with van der Waals surface area (Å²) in [6.07, 6.45) is 4.35. The highest BCUT2D eigenvalue weighted by atomic mass is 16.5. The third-order valence-corrected chi connectivity index (χ3v) is 4.96. The first-order valence-electron chi connectivity index (χ1n) is 9.77. The maximum absolute atomic E-state index is 12.2. The monoisotopic (exact) mass is 408 g/mol. The number of aromatic amines is 1. The summed E-state index contributed by atoms with van der Waals surface area (Å²) in [5, 5.41) is 0. The van der Waals surface area contributed by atoms with Crippen molar-refractivity contribution in [3.05, 3.63) is 42.2 Å². The molecule has 3 aromatic rings. The van der Waals surface area contributed by atoms with Crippen LogP contribution in [0.15, 0.2) is 36.5 Å². The zero-order chi connectivity index (χ0) is 20.9. The molecule has 0 fully saturated rings. The molecule has 0 spiro atoms. The van der Waals surface area contributed by atoms with Gasteiger partial charge < -0.3 is 25.1 Å². The lowest BCUT2D eigenvalue weighted by Gasteiger charge is -2.26. The van der Waals surface area contributed by atoms with Crippen LogP contribution in [0.2, 0.25) is 0 Å². The lowest BCUT2D eigenvalue weighted by atomic mass is 10.0. The van der Waals surface area contributed by atoms with E-state index in [1.54, 1.807) is 18.2 Å². The number of aromatic nitrogens is 4. The molecule has 30 heavy (non-hydrogen) atoms. The van der Waals surface area contributed by atoms with E-state index in [4.69, 9.17) is 20.2 Å². The number of carbonyl (C=O) groups excluding carboxylic acids is 1. The van der Waals surface area contributed by atoms with Crippen molar-refractivity contribution in [1.29, 1.82) is 0 Å². The summed E-state index contributed by atoms with van der Waals surface area (Å²) in [4.78, 5) is 30.9. The van der Waals surface area contributed by atoms with Crippen molar-refractivity contribution < 1.29 is 14.3 Å². The molecule has 3 heterocycles. The maximum atomic E-state index is 12.2. The van der Waals surface area contributed by atoms with Gasteiger partial charge in [0.2, 0.25) is 5.91 Å². The summed E-state index contributed by atoms with van der Waals surface area (Å²) in [5.74, 6) is 0.872. The van der Waals surface area contributed by atoms with Gasteiger partial charge in [0.05, 0.1) is 36.1 Å². The second-order valence-corrected chi connectivity index (χ2v) is 6.96. The van der Waals surface area contributed by atoms with Gasteiger partial charge in [0.25, 0.3) is 0 Å². The lowest BCUT2D eigenvalue weighted by molar-refractivity contribution is -0.136. The van der Waals surface area contributed by atoms with Crippen LogP contribution in [0.4, 0.5) is 5.82 Å². The molecule has 1 aliphatic heterocycles. The number of nitrogen functional groups attached to an aromatic ring is 1. The number of rotatable bonds is 7. The van der Waals surface area contributed by atoms with Crippen molar-refractivity contribution >= 4 is 28.3 Å². The number of ether oxygens (including phenoxy) is 2. The second kappa shape index (κ2) is 9.02. The van der Waals surface area contributed by atoms with Crippen LogP contribution in [0, 0.1) is 0 Å². The van der Waals surface area contributed by atoms with Gasteiger partial charge in [-0.25, -0.2) is 15.0 Å². The third-order valence-electron chi connectivity index (χ3n) is 4.96. The number of nitrogens with two attached hydrogens (primary N) is 1. The summed E-state index contributed by atoms with van der Waals surface area (Å²) in [7, 11) is 1.60.